The van der Waals surface area contributed by atoms with Crippen molar-refractivity contribution in [2.75, 3.05) is 0 Å². The first-order valence-corrected chi connectivity index (χ1v) is 10.5. The molecule has 0 atom stereocenters. The van der Waals surface area contributed by atoms with E-state index >= 15 is 0 Å². The van der Waals surface area contributed by atoms with Gasteiger partial charge < -0.3 is 9.84 Å². The summed E-state index contributed by atoms with van der Waals surface area (Å²) < 4.78 is 6.17. The Kier molecular flexibility index (Phi) is 4.81. The molecule has 0 amide bonds. The number of hydrogen-bond donors (Lipinski definition) is 1. The zero-order valence-electron chi connectivity index (χ0n) is 17.9. The summed E-state index contributed by atoms with van der Waals surface area (Å²) in [6, 6.07) is 2.46. The van der Waals surface area contributed by atoms with Gasteiger partial charge in [-0.3, -0.25) is 19.7 Å². The van der Waals surface area contributed by atoms with Crippen molar-refractivity contribution in [2.45, 2.75) is 59.3 Å². The number of allylic oxidation sites excluding steroid dienone is 4. The molecule has 7 nitrogen and oxygen atoms in total. The molecule has 1 N–H and O–H groups in total. The van der Waals surface area contributed by atoms with Crippen LogP contribution in [0.4, 0.5) is 5.69 Å². The van der Waals surface area contributed by atoms with Crippen LogP contribution in [0.25, 0.3) is 0 Å². The summed E-state index contributed by atoms with van der Waals surface area (Å²) in [5.74, 6) is -0.974. The maximum Gasteiger partial charge on any atom is 0.312 e. The first kappa shape index (κ1) is 21.6. The van der Waals surface area contributed by atoms with Gasteiger partial charge in [0.15, 0.2) is 17.3 Å². The monoisotopic (exact) mass is 445 g/mol. The maximum absolute atomic E-state index is 13.2. The van der Waals surface area contributed by atoms with E-state index < -0.39 is 22.3 Å². The Hall–Kier alpha value is -2.67. The van der Waals surface area contributed by atoms with Crippen molar-refractivity contribution in [1.82, 2.24) is 0 Å². The van der Waals surface area contributed by atoms with Gasteiger partial charge in [0, 0.05) is 53.5 Å². The molecular weight excluding hydrogens is 422 g/mol. The molecule has 0 spiro atoms. The van der Waals surface area contributed by atoms with E-state index in [1.807, 2.05) is 27.7 Å². The molecule has 1 heterocycles. The summed E-state index contributed by atoms with van der Waals surface area (Å²) >= 11 is 6.15. The molecule has 31 heavy (non-hydrogen) atoms. The molecule has 1 aromatic rings. The van der Waals surface area contributed by atoms with E-state index in [0.717, 1.165) is 6.07 Å². The van der Waals surface area contributed by atoms with Crippen LogP contribution in [0.5, 0.6) is 5.75 Å². The largest absolute Gasteiger partial charge is 0.502 e. The second-order valence-corrected chi connectivity index (χ2v) is 10.6. The van der Waals surface area contributed by atoms with Crippen LogP contribution in [0, 0.1) is 20.9 Å². The van der Waals surface area contributed by atoms with Crippen molar-refractivity contribution >= 4 is 28.9 Å². The van der Waals surface area contributed by atoms with Gasteiger partial charge in [0.25, 0.3) is 0 Å². The first-order valence-electron chi connectivity index (χ1n) is 10.2. The zero-order chi connectivity index (χ0) is 22.9. The lowest BCUT2D eigenvalue weighted by Gasteiger charge is -2.42. The Bertz CT molecular complexity index is 1060. The van der Waals surface area contributed by atoms with E-state index in [-0.39, 0.29) is 57.0 Å². The molecule has 1 aliphatic heterocycles. The van der Waals surface area contributed by atoms with Crippen molar-refractivity contribution < 1.29 is 24.4 Å². The maximum atomic E-state index is 13.2. The number of carbonyl (C=O) groups excluding carboxylic acids is 2. The van der Waals surface area contributed by atoms with Crippen LogP contribution in [0.15, 0.2) is 34.8 Å². The Morgan fingerprint density at radius 1 is 1.00 bits per heavy atom. The second kappa shape index (κ2) is 6.92. The minimum Gasteiger partial charge on any atom is -0.502 e. The summed E-state index contributed by atoms with van der Waals surface area (Å²) in [5, 5.41) is 22.3. The molecular formula is C23H24ClNO6. The van der Waals surface area contributed by atoms with Crippen LogP contribution in [0.1, 0.15) is 64.9 Å². The molecule has 0 bridgehead atoms. The molecule has 0 unspecified atom stereocenters. The van der Waals surface area contributed by atoms with Gasteiger partial charge in [-0.1, -0.05) is 39.3 Å². The third-order valence-corrected chi connectivity index (χ3v) is 6.39. The van der Waals surface area contributed by atoms with E-state index in [4.69, 9.17) is 16.3 Å². The molecule has 0 saturated heterocycles. The lowest BCUT2D eigenvalue weighted by Crippen LogP contribution is -2.37. The fourth-order valence-corrected chi connectivity index (χ4v) is 5.17. The van der Waals surface area contributed by atoms with Crippen LogP contribution >= 0.6 is 11.6 Å². The molecule has 2 aliphatic carbocycles. The average Bonchev–Trinajstić information content (AvgIpc) is 2.59. The van der Waals surface area contributed by atoms with Gasteiger partial charge >= 0.3 is 5.69 Å². The Morgan fingerprint density at radius 2 is 1.48 bits per heavy atom. The van der Waals surface area contributed by atoms with Crippen molar-refractivity contribution in [3.8, 4) is 5.75 Å². The average molecular weight is 446 g/mol. The fraction of sp³-hybridized carbons (Fsp3) is 0.478. The summed E-state index contributed by atoms with van der Waals surface area (Å²) in [5.41, 5.74) is -0.547. The number of benzene rings is 1. The number of nitrogens with zero attached hydrogens (tertiary/aromatic N) is 1. The summed E-state index contributed by atoms with van der Waals surface area (Å²) in [6.45, 7) is 7.87. The first-order chi connectivity index (χ1) is 14.3. The number of carbonyl (C=O) groups is 2. The molecule has 1 aromatic carbocycles. The van der Waals surface area contributed by atoms with Crippen molar-refractivity contribution in [1.29, 1.82) is 0 Å². The van der Waals surface area contributed by atoms with Crippen molar-refractivity contribution in [3.63, 3.8) is 0 Å². The fourth-order valence-electron chi connectivity index (χ4n) is 4.95. The SMILES string of the molecule is CC1(C)CC(=O)C2=C(C1)OC1=C(C(=O)CC(C)(C)C1)C2c1cc(Cl)cc([N+](=O)[O-])c1O. The number of ether oxygens (including phenoxy) is 1. The standard InChI is InChI=1S/C23H24ClNO6/c1-22(2)7-14(26)19-16(9-22)31-17-10-23(3,4)8-15(27)20(17)18(19)12-5-11(24)6-13(21(12)28)25(29)30/h5-6,18,28H,7-10H2,1-4H3. The van der Waals surface area contributed by atoms with E-state index in [0.29, 0.717) is 24.4 Å². The normalized spacial score (nSPS) is 22.7. The van der Waals surface area contributed by atoms with Gasteiger partial charge in [-0.25, -0.2) is 0 Å². The van der Waals surface area contributed by atoms with Crippen LogP contribution < -0.4 is 0 Å². The van der Waals surface area contributed by atoms with E-state index in [1.54, 1.807) is 0 Å². The number of halogens is 1. The lowest BCUT2D eigenvalue weighted by atomic mass is 9.65. The summed E-state index contributed by atoms with van der Waals surface area (Å²) in [7, 11) is 0. The molecule has 164 valence electrons. The molecule has 0 fully saturated rings. The van der Waals surface area contributed by atoms with Crippen LogP contribution in [0.2, 0.25) is 5.02 Å². The number of ketones is 2. The molecule has 4 rings (SSSR count). The molecule has 3 aliphatic rings. The number of nitro benzene ring substituents is 1. The highest BCUT2D eigenvalue weighted by Gasteiger charge is 2.49. The number of phenols is 1. The highest BCUT2D eigenvalue weighted by molar-refractivity contribution is 6.31. The highest BCUT2D eigenvalue weighted by Crippen LogP contribution is 2.55. The Morgan fingerprint density at radius 3 is 1.94 bits per heavy atom. The van der Waals surface area contributed by atoms with Crippen molar-refractivity contribution in [3.05, 3.63) is 55.5 Å². The predicted molar refractivity (Wildman–Crippen MR) is 114 cm³/mol. The highest BCUT2D eigenvalue weighted by atomic mass is 35.5. The minimum absolute atomic E-state index is 0.0440. The Labute approximate surface area is 184 Å². The molecule has 8 heteroatoms. The second-order valence-electron chi connectivity index (χ2n) is 10.2. The van der Waals surface area contributed by atoms with Gasteiger partial charge in [0.1, 0.15) is 11.5 Å². The van der Waals surface area contributed by atoms with Gasteiger partial charge in [-0.15, -0.1) is 0 Å². The number of phenolic OH excluding ortho intramolecular Hbond substituents is 1. The van der Waals surface area contributed by atoms with Gasteiger partial charge in [-0.2, -0.15) is 0 Å². The predicted octanol–water partition coefficient (Wildman–Crippen LogP) is 5.35. The third-order valence-electron chi connectivity index (χ3n) is 6.17. The number of nitro groups is 1. The molecule has 0 radical (unpaired) electrons. The summed E-state index contributed by atoms with van der Waals surface area (Å²) in [4.78, 5) is 37.2. The van der Waals surface area contributed by atoms with E-state index in [1.165, 1.54) is 6.07 Å². The van der Waals surface area contributed by atoms with Gasteiger partial charge in [-0.05, 0) is 16.9 Å². The summed E-state index contributed by atoms with van der Waals surface area (Å²) in [6.07, 6.45) is 1.47. The quantitative estimate of drug-likeness (QED) is 0.485. The van der Waals surface area contributed by atoms with Crippen LogP contribution in [-0.4, -0.2) is 21.6 Å². The number of hydrogen-bond acceptors (Lipinski definition) is 6. The van der Waals surface area contributed by atoms with E-state index in [2.05, 4.69) is 0 Å². The molecule has 0 saturated carbocycles. The van der Waals surface area contributed by atoms with E-state index in [9.17, 15) is 24.8 Å². The van der Waals surface area contributed by atoms with Gasteiger partial charge in [0.05, 0.1) is 10.8 Å². The zero-order valence-corrected chi connectivity index (χ0v) is 18.6. The number of aromatic hydroxyl groups is 1. The van der Waals surface area contributed by atoms with Gasteiger partial charge in [0.2, 0.25) is 0 Å². The van der Waals surface area contributed by atoms with Crippen LogP contribution in [-0.2, 0) is 14.3 Å². The Balaban J connectivity index is 2.00. The molecule has 0 aromatic heterocycles. The number of Topliss-reactive ketones (excluding diaryl/α,β-unsaturated/α-hetero) is 2. The third kappa shape index (κ3) is 3.65. The smallest absolute Gasteiger partial charge is 0.312 e. The number of rotatable bonds is 2. The van der Waals surface area contributed by atoms with Crippen LogP contribution in [0.3, 0.4) is 0 Å². The minimum atomic E-state index is -0.941. The lowest BCUT2D eigenvalue weighted by molar-refractivity contribution is -0.385. The van der Waals surface area contributed by atoms with Crippen molar-refractivity contribution in [2.24, 2.45) is 10.8 Å². The topological polar surface area (TPSA) is 107 Å².